The first-order valence-corrected chi connectivity index (χ1v) is 6.38. The van der Waals surface area contributed by atoms with Crippen molar-refractivity contribution in [2.24, 2.45) is 0 Å². The van der Waals surface area contributed by atoms with E-state index in [-0.39, 0.29) is 5.82 Å². The van der Waals surface area contributed by atoms with Gasteiger partial charge in [0, 0.05) is 18.9 Å². The normalized spacial score (nSPS) is 10.4. The molecule has 3 nitrogen and oxygen atoms in total. The smallest absolute Gasteiger partial charge is 0.123 e. The molecule has 0 aliphatic rings. The van der Waals surface area contributed by atoms with Gasteiger partial charge < -0.3 is 9.88 Å². The average molecular weight is 267 g/mol. The van der Waals surface area contributed by atoms with Gasteiger partial charge in [-0.3, -0.25) is 0 Å². The Morgan fingerprint density at radius 1 is 1.05 bits per heavy atom. The molecule has 4 heteroatoms. The van der Waals surface area contributed by atoms with Crippen LogP contribution in [0.2, 0.25) is 0 Å². The monoisotopic (exact) mass is 267 g/mol. The summed E-state index contributed by atoms with van der Waals surface area (Å²) in [5, 5.41) is 3.37. The van der Waals surface area contributed by atoms with E-state index in [0.29, 0.717) is 6.54 Å². The van der Waals surface area contributed by atoms with Crippen LogP contribution in [0, 0.1) is 5.82 Å². The summed E-state index contributed by atoms with van der Waals surface area (Å²) in [6.07, 6.45) is 5.41. The Labute approximate surface area is 116 Å². The van der Waals surface area contributed by atoms with Gasteiger partial charge in [0.1, 0.15) is 5.82 Å². The molecule has 2 aromatic carbocycles. The molecule has 0 aliphatic heterocycles. The number of aromatic nitrogens is 2. The second-order valence-electron chi connectivity index (χ2n) is 4.47. The number of hydrogen-bond donors (Lipinski definition) is 1. The van der Waals surface area contributed by atoms with Crippen LogP contribution >= 0.6 is 0 Å². The molecule has 20 heavy (non-hydrogen) atoms. The standard InChI is InChI=1S/C16H14FN3/c17-14-7-5-13(6-8-14)11-19-15-3-1-2-4-16(15)20-10-9-18-12-20/h1-10,12,19H,11H2. The molecule has 0 amide bonds. The molecule has 0 radical (unpaired) electrons. The lowest BCUT2D eigenvalue weighted by atomic mass is 10.2. The Bertz CT molecular complexity index is 675. The van der Waals surface area contributed by atoms with Crippen LogP contribution in [0.3, 0.4) is 0 Å². The molecule has 0 unspecified atom stereocenters. The first kappa shape index (κ1) is 12.4. The van der Waals surface area contributed by atoms with Crippen molar-refractivity contribution in [3.8, 4) is 5.69 Å². The molecule has 1 N–H and O–H groups in total. The third kappa shape index (κ3) is 2.69. The van der Waals surface area contributed by atoms with E-state index in [1.165, 1.54) is 12.1 Å². The first-order chi connectivity index (χ1) is 9.83. The van der Waals surface area contributed by atoms with Gasteiger partial charge in [-0.1, -0.05) is 24.3 Å². The van der Waals surface area contributed by atoms with E-state index in [9.17, 15) is 4.39 Å². The van der Waals surface area contributed by atoms with Crippen molar-refractivity contribution < 1.29 is 4.39 Å². The maximum absolute atomic E-state index is 12.9. The van der Waals surface area contributed by atoms with Crippen LogP contribution in [-0.4, -0.2) is 9.55 Å². The number of benzene rings is 2. The molecule has 0 aliphatic carbocycles. The average Bonchev–Trinajstić information content (AvgIpc) is 3.01. The second kappa shape index (κ2) is 5.57. The molecular formula is C16H14FN3. The minimum Gasteiger partial charge on any atom is -0.379 e. The van der Waals surface area contributed by atoms with E-state index < -0.39 is 0 Å². The first-order valence-electron chi connectivity index (χ1n) is 6.38. The highest BCUT2D eigenvalue weighted by molar-refractivity contribution is 5.61. The Kier molecular flexibility index (Phi) is 3.46. The number of hydrogen-bond acceptors (Lipinski definition) is 2. The molecular weight excluding hydrogens is 253 g/mol. The summed E-state index contributed by atoms with van der Waals surface area (Å²) in [4.78, 5) is 4.06. The Morgan fingerprint density at radius 3 is 2.60 bits per heavy atom. The summed E-state index contributed by atoms with van der Waals surface area (Å²) < 4.78 is 14.8. The van der Waals surface area contributed by atoms with Crippen molar-refractivity contribution in [3.05, 3.63) is 78.6 Å². The lowest BCUT2D eigenvalue weighted by molar-refractivity contribution is 0.627. The van der Waals surface area contributed by atoms with Crippen molar-refractivity contribution in [2.45, 2.75) is 6.54 Å². The highest BCUT2D eigenvalue weighted by Gasteiger charge is 2.03. The van der Waals surface area contributed by atoms with Crippen molar-refractivity contribution in [1.29, 1.82) is 0 Å². The fourth-order valence-corrected chi connectivity index (χ4v) is 2.05. The number of nitrogens with zero attached hydrogens (tertiary/aromatic N) is 2. The van der Waals surface area contributed by atoms with Gasteiger partial charge in [-0.15, -0.1) is 0 Å². The van der Waals surface area contributed by atoms with Gasteiger partial charge in [-0.25, -0.2) is 9.37 Å². The van der Waals surface area contributed by atoms with E-state index >= 15 is 0 Å². The van der Waals surface area contributed by atoms with Crippen molar-refractivity contribution in [1.82, 2.24) is 9.55 Å². The van der Waals surface area contributed by atoms with Crippen LogP contribution in [0.25, 0.3) is 5.69 Å². The number of rotatable bonds is 4. The number of nitrogens with one attached hydrogen (secondary N) is 1. The molecule has 0 saturated carbocycles. The zero-order valence-corrected chi connectivity index (χ0v) is 10.8. The van der Waals surface area contributed by atoms with Gasteiger partial charge in [-0.05, 0) is 29.8 Å². The predicted octanol–water partition coefficient (Wildman–Crippen LogP) is 3.62. The zero-order valence-electron chi connectivity index (χ0n) is 10.8. The third-order valence-electron chi connectivity index (χ3n) is 3.08. The minimum atomic E-state index is -0.215. The third-order valence-corrected chi connectivity index (χ3v) is 3.08. The fraction of sp³-hybridized carbons (Fsp3) is 0.0625. The number of anilines is 1. The molecule has 3 rings (SSSR count). The van der Waals surface area contributed by atoms with E-state index in [4.69, 9.17) is 0 Å². The van der Waals surface area contributed by atoms with Gasteiger partial charge in [0.15, 0.2) is 0 Å². The van der Waals surface area contributed by atoms with E-state index in [1.807, 2.05) is 35.0 Å². The van der Waals surface area contributed by atoms with Crippen LogP contribution in [0.15, 0.2) is 67.3 Å². The minimum absolute atomic E-state index is 0.215. The highest BCUT2D eigenvalue weighted by atomic mass is 19.1. The molecule has 3 aromatic rings. The van der Waals surface area contributed by atoms with Crippen molar-refractivity contribution in [3.63, 3.8) is 0 Å². The van der Waals surface area contributed by atoms with Crippen molar-refractivity contribution in [2.75, 3.05) is 5.32 Å². The lowest BCUT2D eigenvalue weighted by Crippen LogP contribution is -2.03. The quantitative estimate of drug-likeness (QED) is 0.782. The predicted molar refractivity (Wildman–Crippen MR) is 77.3 cm³/mol. The summed E-state index contributed by atoms with van der Waals surface area (Å²) in [6, 6.07) is 14.5. The van der Waals surface area contributed by atoms with Crippen LogP contribution in [0.1, 0.15) is 5.56 Å². The zero-order chi connectivity index (χ0) is 13.8. The SMILES string of the molecule is Fc1ccc(CNc2ccccc2-n2ccnc2)cc1. The summed E-state index contributed by atoms with van der Waals surface area (Å²) in [6.45, 7) is 0.645. The molecule has 0 saturated heterocycles. The summed E-state index contributed by atoms with van der Waals surface area (Å²) in [5.41, 5.74) is 3.08. The van der Waals surface area contributed by atoms with E-state index in [1.54, 1.807) is 24.7 Å². The summed E-state index contributed by atoms with van der Waals surface area (Å²) in [7, 11) is 0. The molecule has 0 fully saturated rings. The largest absolute Gasteiger partial charge is 0.379 e. The Balaban J connectivity index is 1.79. The topological polar surface area (TPSA) is 29.9 Å². The summed E-state index contributed by atoms with van der Waals surface area (Å²) in [5.74, 6) is -0.215. The van der Waals surface area contributed by atoms with Gasteiger partial charge in [-0.2, -0.15) is 0 Å². The second-order valence-corrected chi connectivity index (χ2v) is 4.47. The van der Waals surface area contributed by atoms with Gasteiger partial charge >= 0.3 is 0 Å². The maximum atomic E-state index is 12.9. The van der Waals surface area contributed by atoms with E-state index in [0.717, 1.165) is 16.9 Å². The molecule has 0 atom stereocenters. The van der Waals surface area contributed by atoms with Crippen molar-refractivity contribution >= 4 is 5.69 Å². The van der Waals surface area contributed by atoms with Crippen LogP contribution in [0.4, 0.5) is 10.1 Å². The van der Waals surface area contributed by atoms with Crippen LogP contribution in [0.5, 0.6) is 0 Å². The maximum Gasteiger partial charge on any atom is 0.123 e. The molecule has 1 aromatic heterocycles. The van der Waals surface area contributed by atoms with Crippen LogP contribution in [-0.2, 0) is 6.54 Å². The molecule has 0 spiro atoms. The number of para-hydroxylation sites is 2. The number of halogens is 1. The van der Waals surface area contributed by atoms with Gasteiger partial charge in [0.25, 0.3) is 0 Å². The lowest BCUT2D eigenvalue weighted by Gasteiger charge is -2.12. The fourth-order valence-electron chi connectivity index (χ4n) is 2.05. The van der Waals surface area contributed by atoms with Gasteiger partial charge in [0.2, 0.25) is 0 Å². The Hall–Kier alpha value is -2.62. The molecule has 0 bridgehead atoms. The van der Waals surface area contributed by atoms with E-state index in [2.05, 4.69) is 10.3 Å². The van der Waals surface area contributed by atoms with Gasteiger partial charge in [0.05, 0.1) is 17.7 Å². The molecule has 100 valence electrons. The van der Waals surface area contributed by atoms with Crippen LogP contribution < -0.4 is 5.32 Å². The highest BCUT2D eigenvalue weighted by Crippen LogP contribution is 2.20. The Morgan fingerprint density at radius 2 is 1.85 bits per heavy atom. The molecule has 1 heterocycles. The summed E-state index contributed by atoms with van der Waals surface area (Å²) >= 11 is 0. The number of imidazole rings is 1.